The fourth-order valence-corrected chi connectivity index (χ4v) is 2.60. The minimum absolute atomic E-state index is 0.0584. The SMILES string of the molecule is Cc1ccccc1C1C(=O)NCCN1C(=O)CC(C)C. The van der Waals surface area contributed by atoms with Crippen molar-refractivity contribution in [2.75, 3.05) is 13.1 Å². The van der Waals surface area contributed by atoms with Gasteiger partial charge in [-0.3, -0.25) is 9.59 Å². The Morgan fingerprint density at radius 2 is 2.10 bits per heavy atom. The van der Waals surface area contributed by atoms with E-state index < -0.39 is 6.04 Å². The summed E-state index contributed by atoms with van der Waals surface area (Å²) in [6.07, 6.45) is 0.482. The van der Waals surface area contributed by atoms with Gasteiger partial charge in [0, 0.05) is 19.5 Å². The molecule has 4 nitrogen and oxygen atoms in total. The molecule has 4 heteroatoms. The molecule has 0 radical (unpaired) electrons. The number of carbonyl (C=O) groups excluding carboxylic acids is 2. The monoisotopic (exact) mass is 274 g/mol. The first-order valence-electron chi connectivity index (χ1n) is 7.13. The highest BCUT2D eigenvalue weighted by Crippen LogP contribution is 2.27. The molecule has 2 rings (SSSR count). The van der Waals surface area contributed by atoms with E-state index in [1.807, 2.05) is 45.0 Å². The Hall–Kier alpha value is -1.84. The Bertz CT molecular complexity index is 511. The van der Waals surface area contributed by atoms with E-state index in [4.69, 9.17) is 0 Å². The van der Waals surface area contributed by atoms with Crippen molar-refractivity contribution >= 4 is 11.8 Å². The van der Waals surface area contributed by atoms with Gasteiger partial charge in [-0.05, 0) is 24.0 Å². The van der Waals surface area contributed by atoms with Gasteiger partial charge in [0.25, 0.3) is 0 Å². The van der Waals surface area contributed by atoms with E-state index in [2.05, 4.69) is 5.32 Å². The van der Waals surface area contributed by atoms with Crippen molar-refractivity contribution in [2.45, 2.75) is 33.2 Å². The Balaban J connectivity index is 2.32. The van der Waals surface area contributed by atoms with Crippen LogP contribution in [0.4, 0.5) is 0 Å². The van der Waals surface area contributed by atoms with Crippen LogP contribution >= 0.6 is 0 Å². The van der Waals surface area contributed by atoms with Crippen molar-refractivity contribution in [3.8, 4) is 0 Å². The van der Waals surface area contributed by atoms with Crippen LogP contribution in [0, 0.1) is 12.8 Å². The number of amides is 2. The molecule has 1 aliphatic rings. The molecule has 0 aliphatic carbocycles. The Morgan fingerprint density at radius 1 is 1.40 bits per heavy atom. The second-order valence-corrected chi connectivity index (χ2v) is 5.74. The number of piperazine rings is 1. The van der Waals surface area contributed by atoms with E-state index in [1.54, 1.807) is 4.90 Å². The molecule has 108 valence electrons. The largest absolute Gasteiger partial charge is 0.352 e. The highest BCUT2D eigenvalue weighted by atomic mass is 16.2. The van der Waals surface area contributed by atoms with Crippen LogP contribution in [0.15, 0.2) is 24.3 Å². The first-order chi connectivity index (χ1) is 9.50. The predicted octanol–water partition coefficient (Wildman–Crippen LogP) is 2.04. The number of nitrogens with one attached hydrogen (secondary N) is 1. The molecule has 1 fully saturated rings. The highest BCUT2D eigenvalue weighted by molar-refractivity contribution is 5.90. The molecular formula is C16H22N2O2. The second-order valence-electron chi connectivity index (χ2n) is 5.74. The topological polar surface area (TPSA) is 49.4 Å². The average Bonchev–Trinajstić information content (AvgIpc) is 2.39. The molecule has 1 heterocycles. The standard InChI is InChI=1S/C16H22N2O2/c1-11(2)10-14(19)18-9-8-17-16(20)15(18)13-7-5-4-6-12(13)3/h4-7,11,15H,8-10H2,1-3H3,(H,17,20). The Labute approximate surface area is 120 Å². The minimum atomic E-state index is -0.490. The molecular weight excluding hydrogens is 252 g/mol. The molecule has 0 saturated carbocycles. The molecule has 1 N–H and O–H groups in total. The number of carbonyl (C=O) groups is 2. The third kappa shape index (κ3) is 3.00. The Kier molecular flexibility index (Phi) is 4.42. The number of nitrogens with zero attached hydrogens (tertiary/aromatic N) is 1. The number of hydrogen-bond donors (Lipinski definition) is 1. The van der Waals surface area contributed by atoms with E-state index in [0.717, 1.165) is 11.1 Å². The summed E-state index contributed by atoms with van der Waals surface area (Å²) in [5, 5.41) is 2.86. The fraction of sp³-hybridized carbons (Fsp3) is 0.500. The summed E-state index contributed by atoms with van der Waals surface area (Å²) in [5.41, 5.74) is 1.96. The van der Waals surface area contributed by atoms with E-state index in [1.165, 1.54) is 0 Å². The maximum Gasteiger partial charge on any atom is 0.247 e. The summed E-state index contributed by atoms with van der Waals surface area (Å²) >= 11 is 0. The van der Waals surface area contributed by atoms with Gasteiger partial charge in [0.1, 0.15) is 6.04 Å². The smallest absolute Gasteiger partial charge is 0.247 e. The molecule has 2 amide bonds. The van der Waals surface area contributed by atoms with E-state index >= 15 is 0 Å². The zero-order valence-corrected chi connectivity index (χ0v) is 12.3. The molecule has 0 bridgehead atoms. The molecule has 1 aromatic rings. The van der Waals surface area contributed by atoms with Crippen molar-refractivity contribution in [1.82, 2.24) is 10.2 Å². The molecule has 1 unspecified atom stereocenters. The lowest BCUT2D eigenvalue weighted by Gasteiger charge is -2.36. The lowest BCUT2D eigenvalue weighted by Crippen LogP contribution is -2.52. The van der Waals surface area contributed by atoms with Crippen LogP contribution in [0.3, 0.4) is 0 Å². The van der Waals surface area contributed by atoms with Crippen LogP contribution in [0.25, 0.3) is 0 Å². The van der Waals surface area contributed by atoms with Gasteiger partial charge >= 0.3 is 0 Å². The summed E-state index contributed by atoms with van der Waals surface area (Å²) in [6, 6.07) is 7.27. The van der Waals surface area contributed by atoms with Crippen LogP contribution in [0.1, 0.15) is 37.4 Å². The quantitative estimate of drug-likeness (QED) is 0.917. The maximum absolute atomic E-state index is 12.4. The number of benzene rings is 1. The zero-order valence-electron chi connectivity index (χ0n) is 12.3. The summed E-state index contributed by atoms with van der Waals surface area (Å²) in [6.45, 7) is 7.12. The van der Waals surface area contributed by atoms with Gasteiger partial charge in [0.15, 0.2) is 0 Å². The average molecular weight is 274 g/mol. The first kappa shape index (κ1) is 14.6. The molecule has 0 spiro atoms. The summed E-state index contributed by atoms with van der Waals surface area (Å²) < 4.78 is 0. The number of rotatable bonds is 3. The van der Waals surface area contributed by atoms with Crippen molar-refractivity contribution in [2.24, 2.45) is 5.92 Å². The molecule has 1 aromatic carbocycles. The molecule has 1 saturated heterocycles. The van der Waals surface area contributed by atoms with E-state index in [9.17, 15) is 9.59 Å². The van der Waals surface area contributed by atoms with Crippen molar-refractivity contribution in [3.05, 3.63) is 35.4 Å². The lowest BCUT2D eigenvalue weighted by atomic mass is 9.97. The van der Waals surface area contributed by atoms with Gasteiger partial charge in [-0.25, -0.2) is 0 Å². The predicted molar refractivity (Wildman–Crippen MR) is 78.1 cm³/mol. The zero-order chi connectivity index (χ0) is 14.7. The Morgan fingerprint density at radius 3 is 2.75 bits per heavy atom. The van der Waals surface area contributed by atoms with Gasteiger partial charge in [0.2, 0.25) is 11.8 Å². The van der Waals surface area contributed by atoms with Gasteiger partial charge in [-0.2, -0.15) is 0 Å². The van der Waals surface area contributed by atoms with Gasteiger partial charge in [-0.1, -0.05) is 38.1 Å². The van der Waals surface area contributed by atoms with Crippen molar-refractivity contribution < 1.29 is 9.59 Å². The minimum Gasteiger partial charge on any atom is -0.352 e. The van der Waals surface area contributed by atoms with Crippen LogP contribution in [0.2, 0.25) is 0 Å². The van der Waals surface area contributed by atoms with Gasteiger partial charge in [0.05, 0.1) is 0 Å². The highest BCUT2D eigenvalue weighted by Gasteiger charge is 2.34. The van der Waals surface area contributed by atoms with Crippen LogP contribution in [0.5, 0.6) is 0 Å². The van der Waals surface area contributed by atoms with Crippen molar-refractivity contribution in [3.63, 3.8) is 0 Å². The lowest BCUT2D eigenvalue weighted by molar-refractivity contribution is -0.144. The normalized spacial score (nSPS) is 19.1. The summed E-state index contributed by atoms with van der Waals surface area (Å²) in [5.74, 6) is 0.274. The van der Waals surface area contributed by atoms with Gasteiger partial charge in [-0.15, -0.1) is 0 Å². The third-order valence-electron chi connectivity index (χ3n) is 3.60. The molecule has 1 aliphatic heterocycles. The number of hydrogen-bond acceptors (Lipinski definition) is 2. The second kappa shape index (κ2) is 6.07. The summed E-state index contributed by atoms with van der Waals surface area (Å²) in [7, 11) is 0. The maximum atomic E-state index is 12.4. The van der Waals surface area contributed by atoms with Crippen molar-refractivity contribution in [1.29, 1.82) is 0 Å². The van der Waals surface area contributed by atoms with Crippen LogP contribution < -0.4 is 5.32 Å². The van der Waals surface area contributed by atoms with Crippen LogP contribution in [-0.2, 0) is 9.59 Å². The summed E-state index contributed by atoms with van der Waals surface area (Å²) in [4.78, 5) is 26.4. The molecule has 20 heavy (non-hydrogen) atoms. The third-order valence-corrected chi connectivity index (χ3v) is 3.60. The van der Waals surface area contributed by atoms with E-state index in [0.29, 0.717) is 25.4 Å². The molecule has 1 atom stereocenters. The number of aryl methyl sites for hydroxylation is 1. The van der Waals surface area contributed by atoms with Gasteiger partial charge < -0.3 is 10.2 Å². The van der Waals surface area contributed by atoms with E-state index in [-0.39, 0.29) is 11.8 Å². The fourth-order valence-electron chi connectivity index (χ4n) is 2.60. The van der Waals surface area contributed by atoms with Crippen LogP contribution in [-0.4, -0.2) is 29.8 Å². The molecule has 0 aromatic heterocycles. The first-order valence-corrected chi connectivity index (χ1v) is 7.13.